The van der Waals surface area contributed by atoms with Gasteiger partial charge in [-0.1, -0.05) is 44.9 Å². The zero-order chi connectivity index (χ0) is 47.2. The molecular weight excluding hydrogens is 863 g/mol. The summed E-state index contributed by atoms with van der Waals surface area (Å²) < 4.78 is 12.2. The lowest BCUT2D eigenvalue weighted by Crippen LogP contribution is -2.54. The molecule has 3 saturated heterocycles. The lowest BCUT2D eigenvalue weighted by Gasteiger charge is -2.33. The first kappa shape index (κ1) is 49.1. The van der Waals surface area contributed by atoms with Crippen molar-refractivity contribution in [2.24, 2.45) is 0 Å². The summed E-state index contributed by atoms with van der Waals surface area (Å²) in [5, 5.41) is 13.5. The molecule has 16 nitrogen and oxygen atoms in total. The molecular formula is C52H73N9O7. The van der Waals surface area contributed by atoms with Crippen LogP contribution in [0.4, 0.5) is 11.5 Å². The van der Waals surface area contributed by atoms with Crippen molar-refractivity contribution >= 4 is 51.9 Å². The Morgan fingerprint density at radius 3 is 2.22 bits per heavy atom. The molecule has 1 aromatic heterocycles. The summed E-state index contributed by atoms with van der Waals surface area (Å²) in [6, 6.07) is 8.53. The van der Waals surface area contributed by atoms with Crippen molar-refractivity contribution in [1.29, 1.82) is 0 Å². The Morgan fingerprint density at radius 1 is 0.735 bits per heavy atom. The summed E-state index contributed by atoms with van der Waals surface area (Å²) in [6.07, 6.45) is 19.5. The number of hydrogen-bond donors (Lipinski definition) is 4. The minimum Gasteiger partial charge on any atom is -0.493 e. The van der Waals surface area contributed by atoms with Crippen molar-refractivity contribution in [3.05, 3.63) is 47.3 Å². The summed E-state index contributed by atoms with van der Waals surface area (Å²) >= 11 is 0. The summed E-state index contributed by atoms with van der Waals surface area (Å²) in [4.78, 5) is 79.0. The summed E-state index contributed by atoms with van der Waals surface area (Å²) in [6.45, 7) is 8.43. The van der Waals surface area contributed by atoms with Crippen LogP contribution in [0.3, 0.4) is 0 Å². The fourth-order valence-corrected chi connectivity index (χ4v) is 10.6. The van der Waals surface area contributed by atoms with Crippen molar-refractivity contribution in [3.8, 4) is 11.5 Å². The molecule has 4 fully saturated rings. The predicted molar refractivity (Wildman–Crippen MR) is 262 cm³/mol. The van der Waals surface area contributed by atoms with Crippen LogP contribution in [0.15, 0.2) is 30.3 Å². The van der Waals surface area contributed by atoms with Crippen molar-refractivity contribution in [3.63, 3.8) is 0 Å². The number of imide groups is 2. The number of ether oxygens (including phenoxy) is 2. The first-order chi connectivity index (χ1) is 33.2. The molecule has 0 bridgehead atoms. The average Bonchev–Trinajstić information content (AvgIpc) is 3.96. The predicted octanol–water partition coefficient (Wildman–Crippen LogP) is 7.18. The molecule has 5 amide bonds. The Balaban J connectivity index is 0.688. The third-order valence-corrected chi connectivity index (χ3v) is 14.5. The molecule has 368 valence electrons. The topological polar surface area (TPSA) is 187 Å². The summed E-state index contributed by atoms with van der Waals surface area (Å²) in [5.41, 5.74) is 2.22. The van der Waals surface area contributed by atoms with Crippen molar-refractivity contribution in [2.75, 3.05) is 76.7 Å². The Morgan fingerprint density at radius 2 is 1.46 bits per heavy atom. The molecule has 4 aliphatic heterocycles. The third-order valence-electron chi connectivity index (χ3n) is 14.5. The lowest BCUT2D eigenvalue weighted by molar-refractivity contribution is -0.136. The van der Waals surface area contributed by atoms with Gasteiger partial charge in [-0.2, -0.15) is 0 Å². The number of likely N-dealkylation sites (tertiary alicyclic amines) is 2. The van der Waals surface area contributed by atoms with Crippen LogP contribution in [-0.4, -0.2) is 132 Å². The molecule has 1 saturated carbocycles. The normalized spacial score (nSPS) is 19.7. The highest BCUT2D eigenvalue weighted by Crippen LogP contribution is 2.38. The minimum atomic E-state index is -0.970. The van der Waals surface area contributed by atoms with Gasteiger partial charge in [0.2, 0.25) is 17.7 Å². The molecule has 68 heavy (non-hydrogen) atoms. The molecule has 4 N–H and O–H groups in total. The second-order valence-corrected chi connectivity index (χ2v) is 19.5. The van der Waals surface area contributed by atoms with E-state index in [1.165, 1.54) is 45.2 Å². The van der Waals surface area contributed by atoms with Crippen LogP contribution in [0.2, 0.25) is 0 Å². The van der Waals surface area contributed by atoms with E-state index in [4.69, 9.17) is 19.4 Å². The van der Waals surface area contributed by atoms with Gasteiger partial charge in [-0.05, 0) is 115 Å². The molecule has 1 atom stereocenters. The molecule has 1 unspecified atom stereocenters. The smallest absolute Gasteiger partial charge is 0.262 e. The van der Waals surface area contributed by atoms with Gasteiger partial charge in [0.15, 0.2) is 11.5 Å². The van der Waals surface area contributed by atoms with Crippen molar-refractivity contribution in [1.82, 2.24) is 35.3 Å². The highest BCUT2D eigenvalue weighted by Gasteiger charge is 2.44. The molecule has 3 aromatic rings. The fraction of sp³-hybridized carbons (Fsp3) is 0.635. The summed E-state index contributed by atoms with van der Waals surface area (Å²) in [7, 11) is 1.70. The van der Waals surface area contributed by atoms with Crippen LogP contribution in [-0.2, 0) is 14.4 Å². The molecule has 0 spiro atoms. The van der Waals surface area contributed by atoms with Crippen LogP contribution >= 0.6 is 0 Å². The Kier molecular flexibility index (Phi) is 17.5. The maximum absolute atomic E-state index is 13.1. The van der Waals surface area contributed by atoms with Crippen molar-refractivity contribution < 1.29 is 33.4 Å². The molecule has 1 aliphatic carbocycles. The van der Waals surface area contributed by atoms with Gasteiger partial charge in [-0.25, -0.2) is 9.97 Å². The zero-order valence-electron chi connectivity index (χ0n) is 40.2. The van der Waals surface area contributed by atoms with E-state index < -0.39 is 29.7 Å². The number of carbonyl (C=O) groups is 5. The first-order valence-electron chi connectivity index (χ1n) is 25.8. The van der Waals surface area contributed by atoms with E-state index in [1.807, 2.05) is 0 Å². The summed E-state index contributed by atoms with van der Waals surface area (Å²) in [5.74, 6) is 1.81. The number of nitrogens with one attached hydrogen (secondary N) is 4. The van der Waals surface area contributed by atoms with E-state index in [0.717, 1.165) is 149 Å². The number of rotatable bonds is 24. The number of carbonyl (C=O) groups excluding carboxylic acids is 5. The number of fused-ring (bicyclic) bond motifs is 2. The Hall–Kier alpha value is -5.35. The van der Waals surface area contributed by atoms with Crippen LogP contribution in [0.1, 0.15) is 161 Å². The van der Waals surface area contributed by atoms with Crippen LogP contribution < -0.4 is 30.7 Å². The van der Waals surface area contributed by atoms with Gasteiger partial charge in [0.1, 0.15) is 17.7 Å². The molecule has 5 heterocycles. The number of methoxy groups -OCH3 is 1. The van der Waals surface area contributed by atoms with Gasteiger partial charge in [0.05, 0.1) is 30.4 Å². The number of piperidine rings is 2. The molecule has 8 rings (SSSR count). The first-order valence-corrected chi connectivity index (χ1v) is 25.8. The zero-order valence-corrected chi connectivity index (χ0v) is 40.2. The number of anilines is 2. The standard InChI is InChI=1S/C52H73N9O7/c1-67-44-34-41-42(35-45(44)68-32-14-29-59-26-11-12-27-59)56-48(36-15-7-6-8-16-36)58-49(41)55-37-22-30-60(31-23-37)28-13-17-46(62)54-25-10-5-3-2-4-9-24-53-38-18-19-39-40(33-38)52(66)61(51(39)65)43-20-21-47(63)57-50(43)64/h18-19,33-37,43,53H,2-17,20-32H2,1H3,(H,54,62)(H,55,56,58)(H,57,63,64). The number of aromatic nitrogens is 2. The number of amides is 5. The second-order valence-electron chi connectivity index (χ2n) is 19.5. The fourth-order valence-electron chi connectivity index (χ4n) is 10.6. The molecule has 16 heteroatoms. The molecule has 0 radical (unpaired) electrons. The number of hydrogen-bond acceptors (Lipinski definition) is 13. The maximum Gasteiger partial charge on any atom is 0.262 e. The van der Waals surface area contributed by atoms with Gasteiger partial charge in [0, 0.05) is 74.7 Å². The van der Waals surface area contributed by atoms with Gasteiger partial charge in [-0.15, -0.1) is 0 Å². The molecule has 5 aliphatic rings. The average molecular weight is 936 g/mol. The second kappa shape index (κ2) is 24.3. The number of benzene rings is 2. The largest absolute Gasteiger partial charge is 0.493 e. The van der Waals surface area contributed by atoms with Gasteiger partial charge in [0.25, 0.3) is 11.8 Å². The van der Waals surface area contributed by atoms with E-state index in [9.17, 15) is 24.0 Å². The van der Waals surface area contributed by atoms with Crippen LogP contribution in [0.5, 0.6) is 11.5 Å². The molecule has 2 aromatic carbocycles. The van der Waals surface area contributed by atoms with Crippen LogP contribution in [0.25, 0.3) is 10.9 Å². The van der Waals surface area contributed by atoms with E-state index in [0.29, 0.717) is 37.3 Å². The quantitative estimate of drug-likeness (QED) is 0.0523. The van der Waals surface area contributed by atoms with Gasteiger partial charge >= 0.3 is 0 Å². The van der Waals surface area contributed by atoms with E-state index in [-0.39, 0.29) is 29.9 Å². The third kappa shape index (κ3) is 12.8. The SMILES string of the molecule is COc1cc2c(NC3CCN(CCCC(=O)NCCCCCCCCNc4ccc5c(c4)C(=O)N(C4CCC(=O)NC4=O)C5=O)CC3)nc(C3CCCCC3)nc2cc1OCCCN1CCCC1. The number of nitrogens with zero attached hydrogens (tertiary/aromatic N) is 5. The van der Waals surface area contributed by atoms with Crippen molar-refractivity contribution in [2.45, 2.75) is 146 Å². The highest BCUT2D eigenvalue weighted by atomic mass is 16.5. The highest BCUT2D eigenvalue weighted by molar-refractivity contribution is 6.23. The van der Waals surface area contributed by atoms with E-state index in [1.54, 1.807) is 25.3 Å². The van der Waals surface area contributed by atoms with E-state index >= 15 is 0 Å². The Labute approximate surface area is 401 Å². The van der Waals surface area contributed by atoms with Crippen LogP contribution in [0, 0.1) is 0 Å². The number of unbranched alkanes of at least 4 members (excludes halogenated alkanes) is 5. The Bertz CT molecular complexity index is 2240. The van der Waals surface area contributed by atoms with Gasteiger partial charge in [-0.3, -0.25) is 34.2 Å². The maximum atomic E-state index is 13.1. The lowest BCUT2D eigenvalue weighted by atomic mass is 9.88. The minimum absolute atomic E-state index is 0.0923. The monoisotopic (exact) mass is 936 g/mol. The van der Waals surface area contributed by atoms with Gasteiger partial charge < -0.3 is 35.2 Å². The van der Waals surface area contributed by atoms with E-state index in [2.05, 4.69) is 43.2 Å².